The number of rotatable bonds is 8. The Morgan fingerprint density at radius 1 is 1.08 bits per heavy atom. The van der Waals surface area contributed by atoms with Gasteiger partial charge in [-0.2, -0.15) is 5.10 Å². The standard InChI is InChI=1S/C28H29BrN4O4/c1-37-24-4-2-3-20(15-24)17-30-32-28(36)25-16-22(29)9-10-26(25)31-27(35)21-7-5-19(6-8-21)18-33-13-11-23(34)12-14-33/h2-10,15-17,23,34H,11-14,18H2,1H3,(H,31,35)(H,32,36)/b30-17+. The van der Waals surface area contributed by atoms with Crippen LogP contribution >= 0.6 is 15.9 Å². The van der Waals surface area contributed by atoms with E-state index in [4.69, 9.17) is 4.74 Å². The van der Waals surface area contributed by atoms with E-state index in [-0.39, 0.29) is 17.6 Å². The van der Waals surface area contributed by atoms with Gasteiger partial charge < -0.3 is 15.2 Å². The summed E-state index contributed by atoms with van der Waals surface area (Å²) in [7, 11) is 1.58. The summed E-state index contributed by atoms with van der Waals surface area (Å²) in [5, 5.41) is 16.6. The maximum absolute atomic E-state index is 12.9. The molecule has 1 saturated heterocycles. The van der Waals surface area contributed by atoms with Crippen LogP contribution in [-0.4, -0.2) is 54.3 Å². The maximum Gasteiger partial charge on any atom is 0.273 e. The number of methoxy groups -OCH3 is 1. The summed E-state index contributed by atoms with van der Waals surface area (Å²) in [4.78, 5) is 28.1. The number of anilines is 1. The number of piperidine rings is 1. The van der Waals surface area contributed by atoms with Gasteiger partial charge in [0.15, 0.2) is 0 Å². The van der Waals surface area contributed by atoms with Crippen LogP contribution in [0.3, 0.4) is 0 Å². The predicted molar refractivity (Wildman–Crippen MR) is 147 cm³/mol. The molecule has 9 heteroatoms. The van der Waals surface area contributed by atoms with Gasteiger partial charge in [0.05, 0.1) is 30.7 Å². The summed E-state index contributed by atoms with van der Waals surface area (Å²) in [6, 6.07) is 19.8. The highest BCUT2D eigenvalue weighted by Gasteiger charge is 2.18. The van der Waals surface area contributed by atoms with Crippen LogP contribution in [0.2, 0.25) is 0 Å². The molecule has 8 nitrogen and oxygen atoms in total. The van der Waals surface area contributed by atoms with Crippen molar-refractivity contribution in [1.29, 1.82) is 0 Å². The fraction of sp³-hybridized carbons (Fsp3) is 0.250. The molecule has 1 aliphatic rings. The second-order valence-electron chi connectivity index (χ2n) is 8.82. The first-order chi connectivity index (χ1) is 17.9. The van der Waals surface area contributed by atoms with Gasteiger partial charge in [-0.3, -0.25) is 14.5 Å². The number of aliphatic hydroxyl groups excluding tert-OH is 1. The first-order valence-electron chi connectivity index (χ1n) is 12.0. The average molecular weight is 565 g/mol. The third-order valence-corrected chi connectivity index (χ3v) is 6.62. The fourth-order valence-electron chi connectivity index (χ4n) is 4.05. The van der Waals surface area contributed by atoms with Gasteiger partial charge in [-0.25, -0.2) is 5.43 Å². The lowest BCUT2D eigenvalue weighted by molar-refractivity contribution is 0.0792. The van der Waals surface area contributed by atoms with Crippen molar-refractivity contribution in [1.82, 2.24) is 10.3 Å². The second kappa shape index (κ2) is 12.6. The number of hydrogen-bond acceptors (Lipinski definition) is 6. The molecule has 37 heavy (non-hydrogen) atoms. The van der Waals surface area contributed by atoms with Crippen LogP contribution in [0.15, 0.2) is 76.3 Å². The number of amides is 2. The van der Waals surface area contributed by atoms with Gasteiger partial charge in [0, 0.05) is 29.7 Å². The molecule has 3 N–H and O–H groups in total. The third kappa shape index (κ3) is 7.48. The normalized spacial score (nSPS) is 14.5. The van der Waals surface area contributed by atoms with E-state index >= 15 is 0 Å². The molecule has 4 rings (SSSR count). The monoisotopic (exact) mass is 564 g/mol. The Bertz CT molecular complexity index is 1270. The Kier molecular flexibility index (Phi) is 9.05. The summed E-state index contributed by atoms with van der Waals surface area (Å²) in [6.45, 7) is 2.50. The number of carbonyl (C=O) groups is 2. The Hall–Kier alpha value is -3.53. The minimum atomic E-state index is -0.460. The summed E-state index contributed by atoms with van der Waals surface area (Å²) >= 11 is 3.39. The van der Waals surface area contributed by atoms with Gasteiger partial charge in [0.25, 0.3) is 11.8 Å². The van der Waals surface area contributed by atoms with Crippen molar-refractivity contribution >= 4 is 39.6 Å². The van der Waals surface area contributed by atoms with E-state index in [9.17, 15) is 14.7 Å². The molecule has 2 amide bonds. The number of nitrogens with zero attached hydrogens (tertiary/aromatic N) is 2. The van der Waals surface area contributed by atoms with Crippen molar-refractivity contribution in [3.8, 4) is 5.75 Å². The fourth-order valence-corrected chi connectivity index (χ4v) is 4.41. The van der Waals surface area contributed by atoms with Crippen LogP contribution in [0, 0.1) is 0 Å². The molecule has 3 aromatic rings. The zero-order valence-electron chi connectivity index (χ0n) is 20.5. The van der Waals surface area contributed by atoms with E-state index in [1.165, 1.54) is 6.21 Å². The van der Waals surface area contributed by atoms with Crippen LogP contribution in [0.5, 0.6) is 5.75 Å². The first kappa shape index (κ1) is 26.5. The number of carbonyl (C=O) groups excluding carboxylic acids is 2. The number of ether oxygens (including phenoxy) is 1. The number of hydrogen-bond donors (Lipinski definition) is 3. The van der Waals surface area contributed by atoms with Gasteiger partial charge in [0.2, 0.25) is 0 Å². The predicted octanol–water partition coefficient (Wildman–Crippen LogP) is 4.43. The minimum absolute atomic E-state index is 0.201. The largest absolute Gasteiger partial charge is 0.497 e. The van der Waals surface area contributed by atoms with Crippen LogP contribution in [0.25, 0.3) is 0 Å². The van der Waals surface area contributed by atoms with Crippen molar-refractivity contribution in [3.63, 3.8) is 0 Å². The molecule has 0 radical (unpaired) electrons. The highest BCUT2D eigenvalue weighted by atomic mass is 79.9. The SMILES string of the molecule is COc1cccc(/C=N/NC(=O)c2cc(Br)ccc2NC(=O)c2ccc(CN3CCC(O)CC3)cc2)c1. The lowest BCUT2D eigenvalue weighted by Gasteiger charge is -2.29. The number of aliphatic hydroxyl groups is 1. The Balaban J connectivity index is 1.39. The highest BCUT2D eigenvalue weighted by Crippen LogP contribution is 2.22. The van der Waals surface area contributed by atoms with Crippen molar-refractivity contribution in [2.75, 3.05) is 25.5 Å². The number of nitrogens with one attached hydrogen (secondary N) is 2. The molecule has 0 spiro atoms. The summed E-state index contributed by atoms with van der Waals surface area (Å²) in [6.07, 6.45) is 2.89. The molecule has 192 valence electrons. The van der Waals surface area contributed by atoms with Gasteiger partial charge in [-0.1, -0.05) is 40.2 Å². The molecule has 0 aliphatic carbocycles. The van der Waals surface area contributed by atoms with Crippen LogP contribution in [-0.2, 0) is 6.54 Å². The number of benzene rings is 3. The quantitative estimate of drug-likeness (QED) is 0.277. The smallest absolute Gasteiger partial charge is 0.273 e. The van der Waals surface area contributed by atoms with Crippen molar-refractivity contribution in [2.24, 2.45) is 5.10 Å². The van der Waals surface area contributed by atoms with Gasteiger partial charge in [-0.05, 0) is 66.4 Å². The van der Waals surface area contributed by atoms with Gasteiger partial charge in [0.1, 0.15) is 5.75 Å². The van der Waals surface area contributed by atoms with E-state index in [0.717, 1.165) is 43.6 Å². The van der Waals surface area contributed by atoms with E-state index in [1.54, 1.807) is 43.5 Å². The summed E-state index contributed by atoms with van der Waals surface area (Å²) in [5.74, 6) is -0.0896. The van der Waals surface area contributed by atoms with Crippen molar-refractivity contribution in [3.05, 3.63) is 93.5 Å². The topological polar surface area (TPSA) is 103 Å². The molecule has 0 atom stereocenters. The van der Waals surface area contributed by atoms with E-state index in [0.29, 0.717) is 21.5 Å². The molecule has 1 aliphatic heterocycles. The average Bonchev–Trinajstić information content (AvgIpc) is 2.91. The third-order valence-electron chi connectivity index (χ3n) is 6.13. The molecule has 0 unspecified atom stereocenters. The first-order valence-corrected chi connectivity index (χ1v) is 12.8. The minimum Gasteiger partial charge on any atom is -0.497 e. The zero-order valence-corrected chi connectivity index (χ0v) is 22.1. The summed E-state index contributed by atoms with van der Waals surface area (Å²) in [5.41, 5.74) is 5.52. The van der Waals surface area contributed by atoms with E-state index in [1.807, 2.05) is 30.3 Å². The Labute approximate surface area is 224 Å². The molecular formula is C28H29BrN4O4. The second-order valence-corrected chi connectivity index (χ2v) is 9.74. The molecule has 1 fully saturated rings. The lowest BCUT2D eigenvalue weighted by Crippen LogP contribution is -2.35. The number of likely N-dealkylation sites (tertiary alicyclic amines) is 1. The lowest BCUT2D eigenvalue weighted by atomic mass is 10.1. The molecule has 1 heterocycles. The Morgan fingerprint density at radius 2 is 1.84 bits per heavy atom. The highest BCUT2D eigenvalue weighted by molar-refractivity contribution is 9.10. The van der Waals surface area contributed by atoms with Crippen LogP contribution in [0.1, 0.15) is 44.7 Å². The van der Waals surface area contributed by atoms with Crippen molar-refractivity contribution < 1.29 is 19.4 Å². The van der Waals surface area contributed by atoms with Gasteiger partial charge >= 0.3 is 0 Å². The maximum atomic E-state index is 12.9. The van der Waals surface area contributed by atoms with Crippen LogP contribution < -0.4 is 15.5 Å². The molecule has 0 aromatic heterocycles. The van der Waals surface area contributed by atoms with Crippen molar-refractivity contribution in [2.45, 2.75) is 25.5 Å². The molecular weight excluding hydrogens is 536 g/mol. The van der Waals surface area contributed by atoms with Gasteiger partial charge in [-0.15, -0.1) is 0 Å². The number of halogens is 1. The van der Waals surface area contributed by atoms with Crippen LogP contribution in [0.4, 0.5) is 5.69 Å². The molecule has 0 bridgehead atoms. The molecule has 0 saturated carbocycles. The summed E-state index contributed by atoms with van der Waals surface area (Å²) < 4.78 is 5.89. The Morgan fingerprint density at radius 3 is 2.57 bits per heavy atom. The van der Waals surface area contributed by atoms with E-state index < -0.39 is 5.91 Å². The van der Waals surface area contributed by atoms with E-state index in [2.05, 4.69) is 36.7 Å². The number of hydrazone groups is 1. The molecule has 3 aromatic carbocycles. The zero-order chi connectivity index (χ0) is 26.2.